The molecule has 0 aromatic carbocycles. The summed E-state index contributed by atoms with van der Waals surface area (Å²) in [4.78, 5) is 10.9. The summed E-state index contributed by atoms with van der Waals surface area (Å²) in [6.07, 6.45) is 17.1. The summed E-state index contributed by atoms with van der Waals surface area (Å²) in [6, 6.07) is 0. The fourth-order valence-electron chi connectivity index (χ4n) is 3.03. The molecule has 0 rings (SSSR count). The van der Waals surface area contributed by atoms with Crippen LogP contribution in [-0.2, 0) is 8.62 Å². The third-order valence-electron chi connectivity index (χ3n) is 4.63. The second-order valence-corrected chi connectivity index (χ2v) is 7.86. The molecule has 0 aliphatic rings. The number of carbonyl (C=O) groups excluding carboxylic acids is 1. The topological polar surface area (TPSA) is 52.3 Å². The highest BCUT2D eigenvalue weighted by Crippen LogP contribution is 2.29. The first-order valence-corrected chi connectivity index (χ1v) is 10.2. The van der Waals surface area contributed by atoms with Crippen molar-refractivity contribution in [3.8, 4) is 0 Å². The van der Waals surface area contributed by atoms with Crippen molar-refractivity contribution in [3.63, 3.8) is 0 Å². The van der Waals surface area contributed by atoms with Gasteiger partial charge in [0, 0.05) is 6.42 Å². The summed E-state index contributed by atoms with van der Waals surface area (Å²) in [5.41, 5.74) is 6.07. The van der Waals surface area contributed by atoms with Gasteiger partial charge in [0.25, 0.3) is 0 Å². The summed E-state index contributed by atoms with van der Waals surface area (Å²) in [5.74, 6) is -0.156. The molecule has 0 atom stereocenters. The van der Waals surface area contributed by atoms with Gasteiger partial charge in [-0.1, -0.05) is 71.6 Å². The number of unbranched alkanes of at least 4 members (excludes halogenated alkanes) is 9. The van der Waals surface area contributed by atoms with Gasteiger partial charge < -0.3 is 9.56 Å². The molecule has 0 unspecified atom stereocenters. The van der Waals surface area contributed by atoms with Crippen molar-refractivity contribution in [2.75, 3.05) is 6.54 Å². The van der Waals surface area contributed by atoms with Crippen molar-refractivity contribution in [3.05, 3.63) is 0 Å². The standard InChI is InChI=1S/C19H38BrNO2/c1-19(2,16-13-17-21)15-12-10-8-6-4-3-5-7-9-11-14-18(22)23-20/h3-17,21H2,1-2H3. The first-order chi connectivity index (χ1) is 11.0. The lowest BCUT2D eigenvalue weighted by molar-refractivity contribution is -0.132. The van der Waals surface area contributed by atoms with E-state index in [9.17, 15) is 4.79 Å². The van der Waals surface area contributed by atoms with Crippen LogP contribution in [0.4, 0.5) is 0 Å². The predicted molar refractivity (Wildman–Crippen MR) is 102 cm³/mol. The Balaban J connectivity index is 3.23. The number of carbonyl (C=O) groups is 1. The Morgan fingerprint density at radius 1 is 0.826 bits per heavy atom. The van der Waals surface area contributed by atoms with Gasteiger partial charge in [-0.25, -0.2) is 0 Å². The summed E-state index contributed by atoms with van der Waals surface area (Å²) in [5, 5.41) is 0. The van der Waals surface area contributed by atoms with Gasteiger partial charge in [-0.3, -0.25) is 4.79 Å². The van der Waals surface area contributed by atoms with Crippen LogP contribution in [-0.4, -0.2) is 12.5 Å². The second-order valence-electron chi connectivity index (χ2n) is 7.54. The molecule has 4 heteroatoms. The Labute approximate surface area is 152 Å². The van der Waals surface area contributed by atoms with Gasteiger partial charge in [0.05, 0.1) is 0 Å². The number of halogens is 1. The predicted octanol–water partition coefficient (Wildman–Crippen LogP) is 6.29. The summed E-state index contributed by atoms with van der Waals surface area (Å²) in [7, 11) is 0. The van der Waals surface area contributed by atoms with E-state index in [4.69, 9.17) is 5.73 Å². The summed E-state index contributed by atoms with van der Waals surface area (Å²) >= 11 is 2.71. The number of rotatable bonds is 16. The minimum Gasteiger partial charge on any atom is -0.384 e. The molecule has 0 bridgehead atoms. The van der Waals surface area contributed by atoms with Crippen LogP contribution in [0.1, 0.15) is 104 Å². The largest absolute Gasteiger partial charge is 0.384 e. The number of nitrogens with two attached hydrogens (primary N) is 1. The second kappa shape index (κ2) is 15.4. The Morgan fingerprint density at radius 3 is 1.74 bits per heavy atom. The van der Waals surface area contributed by atoms with Gasteiger partial charge >= 0.3 is 5.97 Å². The third kappa shape index (κ3) is 16.5. The molecule has 0 amide bonds. The zero-order valence-corrected chi connectivity index (χ0v) is 17.0. The molecule has 3 nitrogen and oxygen atoms in total. The maximum absolute atomic E-state index is 10.9. The van der Waals surface area contributed by atoms with Crippen molar-refractivity contribution in [2.45, 2.75) is 104 Å². The lowest BCUT2D eigenvalue weighted by atomic mass is 9.82. The Bertz CT molecular complexity index is 283. The van der Waals surface area contributed by atoms with E-state index in [-0.39, 0.29) is 5.97 Å². The minimum absolute atomic E-state index is 0.156. The SMILES string of the molecule is CC(C)(CCCN)CCCCCCCCCCCCC(=O)OBr. The van der Waals surface area contributed by atoms with Crippen molar-refractivity contribution >= 4 is 22.2 Å². The number of hydrogen-bond acceptors (Lipinski definition) is 3. The van der Waals surface area contributed by atoms with Crippen LogP contribution in [0.5, 0.6) is 0 Å². The van der Waals surface area contributed by atoms with Gasteiger partial charge in [0.1, 0.15) is 0 Å². The van der Waals surface area contributed by atoms with Crippen LogP contribution in [0.15, 0.2) is 0 Å². The molecule has 0 aromatic rings. The van der Waals surface area contributed by atoms with E-state index in [0.717, 1.165) is 25.8 Å². The van der Waals surface area contributed by atoms with E-state index in [1.165, 1.54) is 64.2 Å². The molecular formula is C19H38BrNO2. The first-order valence-electron chi connectivity index (χ1n) is 9.53. The van der Waals surface area contributed by atoms with E-state index in [2.05, 4.69) is 33.9 Å². The van der Waals surface area contributed by atoms with Gasteiger partial charge in [0.2, 0.25) is 0 Å². The zero-order valence-electron chi connectivity index (χ0n) is 15.4. The molecule has 2 N–H and O–H groups in total. The van der Waals surface area contributed by atoms with Crippen molar-refractivity contribution < 1.29 is 8.62 Å². The van der Waals surface area contributed by atoms with Crippen molar-refractivity contribution in [1.29, 1.82) is 0 Å². The van der Waals surface area contributed by atoms with E-state index in [1.807, 2.05) is 0 Å². The molecule has 0 aliphatic heterocycles. The molecule has 0 radical (unpaired) electrons. The van der Waals surface area contributed by atoms with Gasteiger partial charge in [0.15, 0.2) is 16.3 Å². The number of hydrogen-bond donors (Lipinski definition) is 1. The molecule has 0 spiro atoms. The maximum Gasteiger partial charge on any atom is 0.317 e. The molecule has 0 saturated heterocycles. The highest BCUT2D eigenvalue weighted by atomic mass is 79.9. The molecule has 0 aromatic heterocycles. The average molecular weight is 392 g/mol. The molecule has 0 saturated carbocycles. The van der Waals surface area contributed by atoms with Gasteiger partial charge in [-0.05, 0) is 37.6 Å². The molecule has 23 heavy (non-hydrogen) atoms. The van der Waals surface area contributed by atoms with Crippen LogP contribution in [0, 0.1) is 5.41 Å². The highest BCUT2D eigenvalue weighted by Gasteiger charge is 2.15. The smallest absolute Gasteiger partial charge is 0.317 e. The lowest BCUT2D eigenvalue weighted by Gasteiger charge is -2.24. The van der Waals surface area contributed by atoms with Crippen LogP contribution >= 0.6 is 16.3 Å². The minimum atomic E-state index is -0.156. The Hall–Kier alpha value is -0.0900. The molecule has 0 fully saturated rings. The van der Waals surface area contributed by atoms with Crippen LogP contribution in [0.3, 0.4) is 0 Å². The summed E-state index contributed by atoms with van der Waals surface area (Å²) in [6.45, 7) is 5.57. The lowest BCUT2D eigenvalue weighted by Crippen LogP contribution is -2.13. The molecule has 138 valence electrons. The molecule has 0 heterocycles. The maximum atomic E-state index is 10.9. The third-order valence-corrected chi connectivity index (χ3v) is 4.99. The zero-order chi connectivity index (χ0) is 17.4. The van der Waals surface area contributed by atoms with E-state index in [0.29, 0.717) is 11.8 Å². The molecular weight excluding hydrogens is 354 g/mol. The van der Waals surface area contributed by atoms with Gasteiger partial charge in [-0.2, -0.15) is 0 Å². The van der Waals surface area contributed by atoms with E-state index in [1.54, 1.807) is 0 Å². The van der Waals surface area contributed by atoms with E-state index < -0.39 is 0 Å². The van der Waals surface area contributed by atoms with Crippen LogP contribution in [0.2, 0.25) is 0 Å². The molecule has 0 aliphatic carbocycles. The van der Waals surface area contributed by atoms with Crippen LogP contribution in [0.25, 0.3) is 0 Å². The van der Waals surface area contributed by atoms with Crippen LogP contribution < -0.4 is 5.73 Å². The van der Waals surface area contributed by atoms with E-state index >= 15 is 0 Å². The monoisotopic (exact) mass is 391 g/mol. The fraction of sp³-hybridized carbons (Fsp3) is 0.947. The fourth-order valence-corrected chi connectivity index (χ4v) is 3.19. The van der Waals surface area contributed by atoms with Gasteiger partial charge in [-0.15, -0.1) is 0 Å². The normalized spacial score (nSPS) is 11.7. The Morgan fingerprint density at radius 2 is 1.26 bits per heavy atom. The van der Waals surface area contributed by atoms with Crippen molar-refractivity contribution in [2.24, 2.45) is 11.1 Å². The highest BCUT2D eigenvalue weighted by molar-refractivity contribution is 9.06. The first kappa shape index (κ1) is 22.9. The van der Waals surface area contributed by atoms with Crippen molar-refractivity contribution in [1.82, 2.24) is 0 Å². The quantitative estimate of drug-likeness (QED) is 0.314. The summed E-state index contributed by atoms with van der Waals surface area (Å²) < 4.78 is 4.45. The Kier molecular flexibility index (Phi) is 15.4. The average Bonchev–Trinajstić information content (AvgIpc) is 2.53.